The van der Waals surface area contributed by atoms with Crippen LogP contribution in [0.25, 0.3) is 11.4 Å². The zero-order valence-corrected chi connectivity index (χ0v) is 15.7. The third-order valence-electron chi connectivity index (χ3n) is 4.87. The van der Waals surface area contributed by atoms with Crippen molar-refractivity contribution < 1.29 is 4.52 Å². The first-order valence-corrected chi connectivity index (χ1v) is 9.36. The second-order valence-electron chi connectivity index (χ2n) is 7.10. The van der Waals surface area contributed by atoms with Crippen molar-refractivity contribution in [1.29, 1.82) is 0 Å². The Morgan fingerprint density at radius 1 is 1.00 bits per heavy atom. The van der Waals surface area contributed by atoms with Gasteiger partial charge in [-0.3, -0.25) is 4.90 Å². The first kappa shape index (κ1) is 17.6. The molecule has 3 aromatic rings. The van der Waals surface area contributed by atoms with E-state index < -0.39 is 0 Å². The maximum absolute atomic E-state index is 5.47. The third-order valence-corrected chi connectivity index (χ3v) is 4.87. The number of anilines is 1. The molecule has 0 bridgehead atoms. The Kier molecular flexibility index (Phi) is 5.11. The van der Waals surface area contributed by atoms with Crippen molar-refractivity contribution in [2.45, 2.75) is 26.3 Å². The van der Waals surface area contributed by atoms with E-state index in [4.69, 9.17) is 4.52 Å². The first-order valence-electron chi connectivity index (χ1n) is 9.36. The molecule has 1 saturated heterocycles. The fourth-order valence-corrected chi connectivity index (χ4v) is 3.21. The first-order chi connectivity index (χ1) is 13.2. The van der Waals surface area contributed by atoms with Gasteiger partial charge in [0, 0.05) is 44.1 Å². The van der Waals surface area contributed by atoms with Gasteiger partial charge in [-0.25, -0.2) is 9.97 Å². The number of aromatic nitrogens is 4. The predicted molar refractivity (Wildman–Crippen MR) is 103 cm³/mol. The third kappa shape index (κ3) is 4.14. The Balaban J connectivity index is 1.35. The Bertz CT molecular complexity index is 854. The number of hydrogen-bond acceptors (Lipinski definition) is 7. The summed E-state index contributed by atoms with van der Waals surface area (Å²) in [5.41, 5.74) is 2.29. The summed E-state index contributed by atoms with van der Waals surface area (Å²) in [7, 11) is 0. The van der Waals surface area contributed by atoms with Crippen molar-refractivity contribution >= 4 is 5.95 Å². The Labute approximate surface area is 159 Å². The summed E-state index contributed by atoms with van der Waals surface area (Å²) in [6.07, 6.45) is 3.56. The molecule has 7 nitrogen and oxygen atoms in total. The van der Waals surface area contributed by atoms with Crippen LogP contribution in [0.2, 0.25) is 0 Å². The lowest BCUT2D eigenvalue weighted by Crippen LogP contribution is -2.46. The molecule has 1 aromatic carbocycles. The van der Waals surface area contributed by atoms with Crippen LogP contribution in [0, 0.1) is 0 Å². The Morgan fingerprint density at radius 3 is 2.37 bits per heavy atom. The lowest BCUT2D eigenvalue weighted by molar-refractivity contribution is 0.214. The van der Waals surface area contributed by atoms with Gasteiger partial charge in [0.15, 0.2) is 0 Å². The van der Waals surface area contributed by atoms with E-state index >= 15 is 0 Å². The number of rotatable bonds is 5. The molecule has 1 fully saturated rings. The molecular weight excluding hydrogens is 340 g/mol. The van der Waals surface area contributed by atoms with Crippen molar-refractivity contribution in [2.24, 2.45) is 0 Å². The average Bonchev–Trinajstić information content (AvgIpc) is 3.18. The van der Waals surface area contributed by atoms with Crippen molar-refractivity contribution in [3.8, 4) is 11.4 Å². The summed E-state index contributed by atoms with van der Waals surface area (Å²) < 4.78 is 5.47. The molecule has 1 aliphatic heterocycles. The van der Waals surface area contributed by atoms with E-state index in [1.54, 1.807) is 12.4 Å². The van der Waals surface area contributed by atoms with Crippen LogP contribution < -0.4 is 4.90 Å². The minimum atomic E-state index is 0.514. The normalized spacial score (nSPS) is 15.4. The van der Waals surface area contributed by atoms with Gasteiger partial charge in [0.25, 0.3) is 0 Å². The molecule has 2 aromatic heterocycles. The smallest absolute Gasteiger partial charge is 0.241 e. The molecule has 0 spiro atoms. The molecule has 0 radical (unpaired) electrons. The molecule has 0 unspecified atom stereocenters. The lowest BCUT2D eigenvalue weighted by atomic mass is 10.0. The molecule has 27 heavy (non-hydrogen) atoms. The maximum Gasteiger partial charge on any atom is 0.241 e. The second kappa shape index (κ2) is 7.84. The molecule has 0 atom stereocenters. The number of piperazine rings is 1. The van der Waals surface area contributed by atoms with Gasteiger partial charge in [0.2, 0.25) is 17.7 Å². The van der Waals surface area contributed by atoms with Gasteiger partial charge in [-0.15, -0.1) is 0 Å². The summed E-state index contributed by atoms with van der Waals surface area (Å²) in [6.45, 7) is 8.65. The van der Waals surface area contributed by atoms with Gasteiger partial charge >= 0.3 is 0 Å². The van der Waals surface area contributed by atoms with Crippen LogP contribution >= 0.6 is 0 Å². The number of nitrogens with zero attached hydrogens (tertiary/aromatic N) is 6. The molecule has 0 amide bonds. The molecule has 1 aliphatic rings. The highest BCUT2D eigenvalue weighted by molar-refractivity contribution is 5.54. The Hall–Kier alpha value is -2.80. The molecule has 0 saturated carbocycles. The minimum absolute atomic E-state index is 0.514. The van der Waals surface area contributed by atoms with Crippen LogP contribution in [0.3, 0.4) is 0 Å². The number of benzene rings is 1. The van der Waals surface area contributed by atoms with Crippen molar-refractivity contribution in [3.63, 3.8) is 0 Å². The zero-order valence-electron chi connectivity index (χ0n) is 15.7. The topological polar surface area (TPSA) is 71.2 Å². The lowest BCUT2D eigenvalue weighted by Gasteiger charge is -2.33. The highest BCUT2D eigenvalue weighted by Crippen LogP contribution is 2.21. The van der Waals surface area contributed by atoms with Crippen LogP contribution in [0.15, 0.2) is 47.2 Å². The van der Waals surface area contributed by atoms with E-state index in [9.17, 15) is 0 Å². The van der Waals surface area contributed by atoms with Gasteiger partial charge in [0.1, 0.15) is 0 Å². The van der Waals surface area contributed by atoms with Crippen LogP contribution in [0.4, 0.5) is 5.95 Å². The van der Waals surface area contributed by atoms with E-state index in [1.165, 1.54) is 5.56 Å². The van der Waals surface area contributed by atoms with Gasteiger partial charge in [-0.1, -0.05) is 43.3 Å². The molecule has 7 heteroatoms. The van der Waals surface area contributed by atoms with E-state index in [0.29, 0.717) is 24.2 Å². The molecule has 140 valence electrons. The number of hydrogen-bond donors (Lipinski definition) is 0. The van der Waals surface area contributed by atoms with Gasteiger partial charge in [0.05, 0.1) is 6.54 Å². The zero-order chi connectivity index (χ0) is 18.6. The monoisotopic (exact) mass is 364 g/mol. The minimum Gasteiger partial charge on any atom is -0.338 e. The molecular formula is C20H24N6O. The van der Waals surface area contributed by atoms with E-state index in [-0.39, 0.29) is 0 Å². The molecule has 3 heterocycles. The summed E-state index contributed by atoms with van der Waals surface area (Å²) in [6, 6.07) is 10.2. The molecule has 0 N–H and O–H groups in total. The van der Waals surface area contributed by atoms with Crippen LogP contribution in [0.1, 0.15) is 31.2 Å². The Morgan fingerprint density at radius 2 is 1.70 bits per heavy atom. The SMILES string of the molecule is CC(C)c1ccc(-c2noc(CN3CCN(c4ncccn4)CC3)n2)cc1. The largest absolute Gasteiger partial charge is 0.338 e. The predicted octanol–water partition coefficient (Wildman–Crippen LogP) is 2.97. The van der Waals surface area contributed by atoms with Crippen molar-refractivity contribution in [3.05, 3.63) is 54.2 Å². The standard InChI is InChI=1S/C20H24N6O/c1-15(2)16-4-6-17(7-5-16)19-23-18(27-24-19)14-25-10-12-26(13-11-25)20-21-8-3-9-22-20/h3-9,15H,10-14H2,1-2H3. The van der Waals surface area contributed by atoms with Gasteiger partial charge < -0.3 is 9.42 Å². The molecule has 0 aliphatic carbocycles. The second-order valence-corrected chi connectivity index (χ2v) is 7.10. The fourth-order valence-electron chi connectivity index (χ4n) is 3.21. The maximum atomic E-state index is 5.47. The summed E-state index contributed by atoms with van der Waals surface area (Å²) in [5.74, 6) is 2.61. The quantitative estimate of drug-likeness (QED) is 0.689. The van der Waals surface area contributed by atoms with Crippen LogP contribution in [-0.2, 0) is 6.54 Å². The fraction of sp³-hybridized carbons (Fsp3) is 0.400. The van der Waals surface area contributed by atoms with Crippen molar-refractivity contribution in [2.75, 3.05) is 31.1 Å². The van der Waals surface area contributed by atoms with Gasteiger partial charge in [-0.2, -0.15) is 4.98 Å². The van der Waals surface area contributed by atoms with E-state index in [1.807, 2.05) is 6.07 Å². The average molecular weight is 364 g/mol. The highest BCUT2D eigenvalue weighted by Gasteiger charge is 2.20. The summed E-state index contributed by atoms with van der Waals surface area (Å²) >= 11 is 0. The van der Waals surface area contributed by atoms with Crippen molar-refractivity contribution in [1.82, 2.24) is 25.0 Å². The highest BCUT2D eigenvalue weighted by atomic mass is 16.5. The molecule has 4 rings (SSSR count). The van der Waals surface area contributed by atoms with E-state index in [0.717, 1.165) is 37.7 Å². The summed E-state index contributed by atoms with van der Waals surface area (Å²) in [4.78, 5) is 17.7. The van der Waals surface area contributed by atoms with Crippen LogP contribution in [-0.4, -0.2) is 51.2 Å². The summed E-state index contributed by atoms with van der Waals surface area (Å²) in [5, 5.41) is 4.15. The van der Waals surface area contributed by atoms with Gasteiger partial charge in [-0.05, 0) is 17.5 Å². The van der Waals surface area contributed by atoms with E-state index in [2.05, 4.69) is 68.0 Å². The van der Waals surface area contributed by atoms with Crippen LogP contribution in [0.5, 0.6) is 0 Å².